The Morgan fingerprint density at radius 3 is 2.34 bits per heavy atom. The summed E-state index contributed by atoms with van der Waals surface area (Å²) in [6, 6.07) is 22.4. The number of H-pyrrole nitrogens is 1. The summed E-state index contributed by atoms with van der Waals surface area (Å²) in [6.45, 7) is 9.17. The number of benzene rings is 3. The molecule has 2 aromatic heterocycles. The van der Waals surface area contributed by atoms with E-state index < -0.39 is 0 Å². The largest absolute Gasteiger partial charge is 0.495 e. The van der Waals surface area contributed by atoms with Gasteiger partial charge in [0.1, 0.15) is 5.75 Å². The molecule has 8 heteroatoms. The van der Waals surface area contributed by atoms with Crippen molar-refractivity contribution < 1.29 is 4.74 Å². The zero-order valence-electron chi connectivity index (χ0n) is 24.5. The van der Waals surface area contributed by atoms with Gasteiger partial charge in [0.25, 0.3) is 0 Å². The average Bonchev–Trinajstić information content (AvgIpc) is 3.62. The lowest BCUT2D eigenvalue weighted by Gasteiger charge is -2.24. The number of aromatic amines is 1. The van der Waals surface area contributed by atoms with Crippen molar-refractivity contribution in [3.63, 3.8) is 0 Å². The summed E-state index contributed by atoms with van der Waals surface area (Å²) in [7, 11) is 1.66. The van der Waals surface area contributed by atoms with E-state index in [1.54, 1.807) is 11.7 Å². The second-order valence-electron chi connectivity index (χ2n) is 11.4. The molecule has 212 valence electrons. The minimum Gasteiger partial charge on any atom is -0.495 e. The molecule has 0 spiro atoms. The van der Waals surface area contributed by atoms with Gasteiger partial charge in [-0.2, -0.15) is 0 Å². The molecule has 3 aromatic carbocycles. The Kier molecular flexibility index (Phi) is 8.19. The summed E-state index contributed by atoms with van der Waals surface area (Å²) in [5, 5.41) is 14.4. The van der Waals surface area contributed by atoms with Crippen LogP contribution in [0.5, 0.6) is 5.75 Å². The van der Waals surface area contributed by atoms with Gasteiger partial charge in [0, 0.05) is 17.5 Å². The van der Waals surface area contributed by atoms with E-state index in [-0.39, 0.29) is 11.1 Å². The van der Waals surface area contributed by atoms with Crippen LogP contribution in [0.2, 0.25) is 0 Å². The van der Waals surface area contributed by atoms with Crippen molar-refractivity contribution in [1.29, 1.82) is 0 Å². The Labute approximate surface area is 241 Å². The van der Waals surface area contributed by atoms with E-state index >= 15 is 0 Å². The monoisotopic (exact) mass is 550 g/mol. The lowest BCUT2D eigenvalue weighted by atomic mass is 9.85. The van der Waals surface area contributed by atoms with Crippen LogP contribution in [0, 0.1) is 0 Å². The van der Waals surface area contributed by atoms with E-state index in [2.05, 4.69) is 84.7 Å². The smallest absolute Gasteiger partial charge is 0.333 e. The van der Waals surface area contributed by atoms with Gasteiger partial charge in [0.2, 0.25) is 0 Å². The molecule has 8 nitrogen and oxygen atoms in total. The fourth-order valence-electron chi connectivity index (χ4n) is 5.34. The molecule has 0 fully saturated rings. The highest BCUT2D eigenvalue weighted by Crippen LogP contribution is 2.35. The number of nitrogens with one attached hydrogen (secondary N) is 1. The van der Waals surface area contributed by atoms with Crippen LogP contribution in [-0.2, 0) is 18.4 Å². The van der Waals surface area contributed by atoms with E-state index in [9.17, 15) is 4.79 Å². The molecule has 0 aliphatic rings. The van der Waals surface area contributed by atoms with E-state index in [1.807, 2.05) is 41.1 Å². The molecular formula is C33H38N6O2. The van der Waals surface area contributed by atoms with Crippen LogP contribution < -0.4 is 10.4 Å². The van der Waals surface area contributed by atoms with Gasteiger partial charge in [-0.05, 0) is 57.0 Å². The molecule has 0 unspecified atom stereocenters. The number of aryl methyl sites for hydroxylation is 1. The highest BCUT2D eigenvalue weighted by atomic mass is 16.5. The minimum atomic E-state index is -0.165. The summed E-state index contributed by atoms with van der Waals surface area (Å²) < 4.78 is 9.47. The molecule has 0 aliphatic carbocycles. The Morgan fingerprint density at radius 1 is 0.927 bits per heavy atom. The van der Waals surface area contributed by atoms with Crippen molar-refractivity contribution in [3.05, 3.63) is 100 Å². The van der Waals surface area contributed by atoms with Crippen molar-refractivity contribution in [2.24, 2.45) is 0 Å². The number of tetrazole rings is 1. The van der Waals surface area contributed by atoms with Gasteiger partial charge in [-0.1, -0.05) is 101 Å². The quantitative estimate of drug-likeness (QED) is 0.199. The normalized spacial score (nSPS) is 11.6. The van der Waals surface area contributed by atoms with Crippen LogP contribution in [0.4, 0.5) is 0 Å². The molecule has 1 N–H and O–H groups in total. The highest BCUT2D eigenvalue weighted by molar-refractivity contribution is 5.80. The Hall–Kier alpha value is -4.46. The lowest BCUT2D eigenvalue weighted by Crippen LogP contribution is -2.27. The van der Waals surface area contributed by atoms with Gasteiger partial charge in [-0.25, -0.2) is 9.89 Å². The number of hydrogen-bond acceptors (Lipinski definition) is 5. The third-order valence-corrected chi connectivity index (χ3v) is 7.50. The summed E-state index contributed by atoms with van der Waals surface area (Å²) in [4.78, 5) is 14.1. The Bertz CT molecular complexity index is 1660. The van der Waals surface area contributed by atoms with Crippen LogP contribution in [-0.4, -0.2) is 36.9 Å². The number of rotatable bonds is 10. The first-order valence-electron chi connectivity index (χ1n) is 14.2. The summed E-state index contributed by atoms with van der Waals surface area (Å²) in [5.41, 5.74) is 6.77. The average molecular weight is 551 g/mol. The zero-order valence-corrected chi connectivity index (χ0v) is 24.5. The van der Waals surface area contributed by atoms with E-state index in [0.717, 1.165) is 64.9 Å². The van der Waals surface area contributed by atoms with Gasteiger partial charge in [-0.3, -0.25) is 9.13 Å². The molecular weight excluding hydrogens is 512 g/mol. The maximum atomic E-state index is 14.1. The lowest BCUT2D eigenvalue weighted by molar-refractivity contribution is 0.410. The molecule has 0 aliphatic heterocycles. The standard InChI is InChI=1S/C33H38N6O2/c1-6-7-8-12-25-22-39(30-28(33(2,3)4)15-11-16-29(30)41-5)32(40)38(25)21-23-17-19-24(20-18-23)26-13-9-10-14-27(26)31-34-36-37-35-31/h9-11,13-20,22H,6-8,12,21H2,1-5H3,(H,34,35,36,37). The summed E-state index contributed by atoms with van der Waals surface area (Å²) >= 11 is 0. The maximum Gasteiger partial charge on any atom is 0.333 e. The molecule has 0 saturated heterocycles. The first-order valence-corrected chi connectivity index (χ1v) is 14.2. The molecule has 0 saturated carbocycles. The second kappa shape index (κ2) is 12.0. The first kappa shape index (κ1) is 28.1. The van der Waals surface area contributed by atoms with Gasteiger partial charge >= 0.3 is 5.69 Å². The number of ether oxygens (including phenoxy) is 1. The van der Waals surface area contributed by atoms with E-state index in [4.69, 9.17) is 4.74 Å². The van der Waals surface area contributed by atoms with Crippen LogP contribution in [0.15, 0.2) is 77.7 Å². The Morgan fingerprint density at radius 2 is 1.68 bits per heavy atom. The molecule has 0 bridgehead atoms. The van der Waals surface area contributed by atoms with Crippen LogP contribution in [0.1, 0.15) is 63.8 Å². The molecule has 0 atom stereocenters. The van der Waals surface area contributed by atoms with Crippen molar-refractivity contribution in [3.8, 4) is 34.0 Å². The maximum absolute atomic E-state index is 14.1. The number of imidazole rings is 1. The molecule has 0 radical (unpaired) electrons. The van der Waals surface area contributed by atoms with Gasteiger partial charge < -0.3 is 4.74 Å². The molecule has 0 amide bonds. The second-order valence-corrected chi connectivity index (χ2v) is 11.4. The molecule has 2 heterocycles. The van der Waals surface area contributed by atoms with Gasteiger partial charge in [-0.15, -0.1) is 5.10 Å². The number of unbranched alkanes of at least 4 members (excludes halogenated alkanes) is 2. The predicted octanol–water partition coefficient (Wildman–Crippen LogP) is 6.57. The third kappa shape index (κ3) is 5.87. The molecule has 5 aromatic rings. The summed E-state index contributed by atoms with van der Waals surface area (Å²) in [5.74, 6) is 1.32. The van der Waals surface area contributed by atoms with Crippen LogP contribution >= 0.6 is 0 Å². The van der Waals surface area contributed by atoms with Gasteiger partial charge in [0.05, 0.1) is 19.3 Å². The van der Waals surface area contributed by atoms with E-state index in [1.165, 1.54) is 0 Å². The van der Waals surface area contributed by atoms with E-state index in [0.29, 0.717) is 18.1 Å². The summed E-state index contributed by atoms with van der Waals surface area (Å²) in [6.07, 6.45) is 6.13. The Balaban J connectivity index is 1.53. The molecule has 41 heavy (non-hydrogen) atoms. The zero-order chi connectivity index (χ0) is 29.0. The van der Waals surface area contributed by atoms with Crippen LogP contribution in [0.3, 0.4) is 0 Å². The first-order chi connectivity index (χ1) is 19.8. The van der Waals surface area contributed by atoms with Crippen molar-refractivity contribution in [1.82, 2.24) is 29.8 Å². The van der Waals surface area contributed by atoms with Crippen LogP contribution in [0.25, 0.3) is 28.2 Å². The third-order valence-electron chi connectivity index (χ3n) is 7.50. The number of para-hydroxylation sites is 1. The van der Waals surface area contributed by atoms with Gasteiger partial charge in [0.15, 0.2) is 5.82 Å². The molecule has 5 rings (SSSR count). The number of hydrogen-bond donors (Lipinski definition) is 1. The fourth-order valence-corrected chi connectivity index (χ4v) is 5.34. The van der Waals surface area contributed by atoms with Crippen molar-refractivity contribution in [2.45, 2.75) is 65.3 Å². The topological polar surface area (TPSA) is 90.6 Å². The highest BCUT2D eigenvalue weighted by Gasteiger charge is 2.25. The number of methoxy groups -OCH3 is 1. The van der Waals surface area contributed by atoms with Crippen molar-refractivity contribution in [2.75, 3.05) is 7.11 Å². The minimum absolute atomic E-state index is 0.0567. The number of aromatic nitrogens is 6. The SMILES string of the molecule is CCCCCc1cn(-c2c(OC)cccc2C(C)(C)C)c(=O)n1Cc1ccc(-c2ccccc2-c2nnn[nH]2)cc1. The number of nitrogens with zero attached hydrogens (tertiary/aromatic N) is 5. The predicted molar refractivity (Wildman–Crippen MR) is 163 cm³/mol. The fraction of sp³-hybridized carbons (Fsp3) is 0.333. The van der Waals surface area contributed by atoms with Crippen molar-refractivity contribution >= 4 is 0 Å².